The average Bonchev–Trinajstić information content (AvgIpc) is 2.85. The second-order valence-corrected chi connectivity index (χ2v) is 6.66. The molecule has 2 aromatic rings. The first-order valence-corrected chi connectivity index (χ1v) is 9.27. The van der Waals surface area contributed by atoms with Gasteiger partial charge in [-0.2, -0.15) is 0 Å². The first-order valence-electron chi connectivity index (χ1n) is 9.27. The summed E-state index contributed by atoms with van der Waals surface area (Å²) in [6.45, 7) is 5.88. The summed E-state index contributed by atoms with van der Waals surface area (Å²) in [4.78, 5) is 19.2. The highest BCUT2D eigenvalue weighted by atomic mass is 16.4. The van der Waals surface area contributed by atoms with Crippen LogP contribution in [0.4, 0.5) is 0 Å². The van der Waals surface area contributed by atoms with Crippen molar-refractivity contribution in [3.63, 3.8) is 0 Å². The van der Waals surface area contributed by atoms with Crippen LogP contribution in [0.1, 0.15) is 48.4 Å². The van der Waals surface area contributed by atoms with E-state index in [-0.39, 0.29) is 5.91 Å². The van der Waals surface area contributed by atoms with E-state index in [4.69, 9.17) is 4.42 Å². The van der Waals surface area contributed by atoms with Gasteiger partial charge < -0.3 is 14.6 Å². The minimum absolute atomic E-state index is 0.153. The lowest BCUT2D eigenvalue weighted by molar-refractivity contribution is 0.0946. The largest absolute Gasteiger partial charge is 0.441 e. The molecule has 1 aromatic heterocycles. The van der Waals surface area contributed by atoms with E-state index in [0.717, 1.165) is 18.5 Å². The Labute approximate surface area is 149 Å². The number of oxazole rings is 1. The summed E-state index contributed by atoms with van der Waals surface area (Å²) in [7, 11) is 0. The zero-order valence-corrected chi connectivity index (χ0v) is 15.0. The lowest BCUT2D eigenvalue weighted by Gasteiger charge is -2.19. The molecule has 0 saturated carbocycles. The van der Waals surface area contributed by atoms with Crippen molar-refractivity contribution >= 4 is 5.91 Å². The summed E-state index contributed by atoms with van der Waals surface area (Å²) in [6.07, 6.45) is 6.26. The topological polar surface area (TPSA) is 58.4 Å². The van der Waals surface area contributed by atoms with Gasteiger partial charge in [-0.3, -0.25) is 4.79 Å². The summed E-state index contributed by atoms with van der Waals surface area (Å²) in [6, 6.07) is 9.65. The molecule has 5 heteroatoms. The second-order valence-electron chi connectivity index (χ2n) is 6.66. The van der Waals surface area contributed by atoms with Crippen molar-refractivity contribution in [1.29, 1.82) is 0 Å². The van der Waals surface area contributed by atoms with Crippen LogP contribution in [0.25, 0.3) is 11.5 Å². The molecular formula is C20H27N3O2. The first kappa shape index (κ1) is 17.7. The van der Waals surface area contributed by atoms with Gasteiger partial charge in [0.1, 0.15) is 5.76 Å². The Morgan fingerprint density at radius 2 is 1.88 bits per heavy atom. The SMILES string of the molecule is Cc1oc(-c2ccccc2)nc1C(=O)NCCCN1CCCCCC1. The van der Waals surface area contributed by atoms with Crippen LogP contribution in [0.5, 0.6) is 0 Å². The third kappa shape index (κ3) is 4.92. The van der Waals surface area contributed by atoms with Crippen molar-refractivity contribution < 1.29 is 9.21 Å². The number of aryl methyl sites for hydroxylation is 1. The van der Waals surface area contributed by atoms with Gasteiger partial charge in [0.2, 0.25) is 5.89 Å². The number of amides is 1. The quantitative estimate of drug-likeness (QED) is 0.815. The molecule has 1 N–H and O–H groups in total. The highest BCUT2D eigenvalue weighted by molar-refractivity contribution is 5.93. The molecule has 0 unspecified atom stereocenters. The molecule has 3 rings (SSSR count). The number of rotatable bonds is 6. The molecular weight excluding hydrogens is 314 g/mol. The number of aromatic nitrogens is 1. The minimum Gasteiger partial charge on any atom is -0.441 e. The highest BCUT2D eigenvalue weighted by Crippen LogP contribution is 2.21. The molecule has 2 heterocycles. The summed E-state index contributed by atoms with van der Waals surface area (Å²) >= 11 is 0. The third-order valence-electron chi connectivity index (χ3n) is 4.67. The highest BCUT2D eigenvalue weighted by Gasteiger charge is 2.17. The van der Waals surface area contributed by atoms with Crippen LogP contribution in [-0.2, 0) is 0 Å². The minimum atomic E-state index is -0.153. The predicted octanol–water partition coefficient (Wildman–Crippen LogP) is 3.65. The second kappa shape index (κ2) is 8.81. The van der Waals surface area contributed by atoms with Crippen LogP contribution in [0.3, 0.4) is 0 Å². The van der Waals surface area contributed by atoms with E-state index < -0.39 is 0 Å². The number of carbonyl (C=O) groups excluding carboxylic acids is 1. The van der Waals surface area contributed by atoms with Crippen LogP contribution in [0.2, 0.25) is 0 Å². The Hall–Kier alpha value is -2.14. The van der Waals surface area contributed by atoms with Crippen LogP contribution < -0.4 is 5.32 Å². The van der Waals surface area contributed by atoms with Crippen molar-refractivity contribution in [2.45, 2.75) is 39.0 Å². The third-order valence-corrected chi connectivity index (χ3v) is 4.67. The van der Waals surface area contributed by atoms with Gasteiger partial charge in [-0.1, -0.05) is 31.0 Å². The van der Waals surface area contributed by atoms with Gasteiger partial charge >= 0.3 is 0 Å². The van der Waals surface area contributed by atoms with Gasteiger partial charge in [-0.05, 0) is 58.0 Å². The van der Waals surface area contributed by atoms with Crippen molar-refractivity contribution in [1.82, 2.24) is 15.2 Å². The Morgan fingerprint density at radius 1 is 1.16 bits per heavy atom. The predicted molar refractivity (Wildman–Crippen MR) is 98.5 cm³/mol. The number of benzene rings is 1. The zero-order chi connectivity index (χ0) is 17.5. The molecule has 0 bridgehead atoms. The van der Waals surface area contributed by atoms with Crippen LogP contribution in [-0.4, -0.2) is 42.0 Å². The van der Waals surface area contributed by atoms with E-state index in [1.807, 2.05) is 30.3 Å². The van der Waals surface area contributed by atoms with E-state index in [1.54, 1.807) is 6.92 Å². The van der Waals surface area contributed by atoms with Crippen molar-refractivity contribution in [3.05, 3.63) is 41.8 Å². The van der Waals surface area contributed by atoms with Crippen LogP contribution in [0.15, 0.2) is 34.7 Å². The zero-order valence-electron chi connectivity index (χ0n) is 15.0. The van der Waals surface area contributed by atoms with E-state index in [0.29, 0.717) is 23.9 Å². The summed E-state index contributed by atoms with van der Waals surface area (Å²) in [5.74, 6) is 0.899. The molecule has 1 aliphatic rings. The average molecular weight is 341 g/mol. The maximum absolute atomic E-state index is 12.4. The smallest absolute Gasteiger partial charge is 0.273 e. The lowest BCUT2D eigenvalue weighted by Crippen LogP contribution is -2.31. The molecule has 0 spiro atoms. The number of likely N-dealkylation sites (tertiary alicyclic amines) is 1. The fraction of sp³-hybridized carbons (Fsp3) is 0.500. The summed E-state index contributed by atoms with van der Waals surface area (Å²) in [5, 5.41) is 2.97. The van der Waals surface area contributed by atoms with Gasteiger partial charge in [-0.15, -0.1) is 0 Å². The van der Waals surface area contributed by atoms with Crippen molar-refractivity contribution in [2.75, 3.05) is 26.2 Å². The van der Waals surface area contributed by atoms with E-state index in [9.17, 15) is 4.79 Å². The van der Waals surface area contributed by atoms with Gasteiger partial charge in [0.05, 0.1) is 0 Å². The van der Waals surface area contributed by atoms with Gasteiger partial charge in [0, 0.05) is 12.1 Å². The molecule has 134 valence electrons. The molecule has 1 aliphatic heterocycles. The molecule has 1 aromatic carbocycles. The van der Waals surface area contributed by atoms with Crippen molar-refractivity contribution in [3.8, 4) is 11.5 Å². The van der Waals surface area contributed by atoms with Crippen molar-refractivity contribution in [2.24, 2.45) is 0 Å². The number of nitrogens with one attached hydrogen (secondary N) is 1. The Bertz CT molecular complexity index is 674. The number of hydrogen-bond acceptors (Lipinski definition) is 4. The first-order chi connectivity index (χ1) is 12.2. The normalized spacial score (nSPS) is 15.7. The van der Waals surface area contributed by atoms with Gasteiger partial charge in [0.25, 0.3) is 5.91 Å². The van der Waals surface area contributed by atoms with E-state index in [1.165, 1.54) is 38.8 Å². The maximum atomic E-state index is 12.4. The maximum Gasteiger partial charge on any atom is 0.273 e. The molecule has 1 fully saturated rings. The fourth-order valence-electron chi connectivity index (χ4n) is 3.26. The van der Waals surface area contributed by atoms with E-state index in [2.05, 4.69) is 15.2 Å². The lowest BCUT2D eigenvalue weighted by atomic mass is 10.2. The fourth-order valence-corrected chi connectivity index (χ4v) is 3.26. The van der Waals surface area contributed by atoms with Crippen LogP contribution >= 0.6 is 0 Å². The number of nitrogens with zero attached hydrogens (tertiary/aromatic N) is 2. The number of carbonyl (C=O) groups is 1. The molecule has 0 aliphatic carbocycles. The molecule has 0 radical (unpaired) electrons. The van der Waals surface area contributed by atoms with Gasteiger partial charge in [0.15, 0.2) is 5.69 Å². The molecule has 25 heavy (non-hydrogen) atoms. The van der Waals surface area contributed by atoms with E-state index >= 15 is 0 Å². The molecule has 1 saturated heterocycles. The Morgan fingerprint density at radius 3 is 2.60 bits per heavy atom. The summed E-state index contributed by atoms with van der Waals surface area (Å²) < 4.78 is 5.66. The Kier molecular flexibility index (Phi) is 6.23. The number of hydrogen-bond donors (Lipinski definition) is 1. The standard InChI is InChI=1S/C20H27N3O2/c1-16-18(22-20(25-16)17-10-5-4-6-11-17)19(24)21-12-9-15-23-13-7-2-3-8-14-23/h4-6,10-11H,2-3,7-9,12-15H2,1H3,(H,21,24). The molecule has 5 nitrogen and oxygen atoms in total. The molecule has 0 atom stereocenters. The Balaban J connectivity index is 1.49. The molecule has 1 amide bonds. The van der Waals surface area contributed by atoms with Gasteiger partial charge in [-0.25, -0.2) is 4.98 Å². The van der Waals surface area contributed by atoms with Crippen LogP contribution in [0, 0.1) is 6.92 Å². The monoisotopic (exact) mass is 341 g/mol. The summed E-state index contributed by atoms with van der Waals surface area (Å²) in [5.41, 5.74) is 1.26.